The molecule has 0 atom stereocenters. The lowest BCUT2D eigenvalue weighted by atomic mass is 10.2. The molecule has 0 fully saturated rings. The van der Waals surface area contributed by atoms with Crippen molar-refractivity contribution in [2.24, 2.45) is 0 Å². The van der Waals surface area contributed by atoms with Crippen LogP contribution in [0.1, 0.15) is 16.1 Å². The monoisotopic (exact) mass is 264 g/mol. The number of anilines is 1. The number of aromatic nitrogens is 2. The van der Waals surface area contributed by atoms with E-state index in [0.29, 0.717) is 0 Å². The minimum atomic E-state index is -0.728. The molecule has 1 amide bonds. The summed E-state index contributed by atoms with van der Waals surface area (Å²) in [6.07, 6.45) is 0. The van der Waals surface area contributed by atoms with Gasteiger partial charge in [-0.3, -0.25) is 4.79 Å². The normalized spacial score (nSPS) is 10.2. The van der Waals surface area contributed by atoms with Crippen LogP contribution in [0.15, 0.2) is 24.3 Å². The Balaban J connectivity index is 2.20. The van der Waals surface area contributed by atoms with E-state index in [-0.39, 0.29) is 11.4 Å². The zero-order valence-corrected chi connectivity index (χ0v) is 9.81. The molecule has 2 rings (SSSR count). The van der Waals surface area contributed by atoms with Crippen molar-refractivity contribution < 1.29 is 14.1 Å². The summed E-state index contributed by atoms with van der Waals surface area (Å²) in [7, 11) is 0. The Morgan fingerprint density at radius 3 is 2.84 bits per heavy atom. The third kappa shape index (κ3) is 2.73. The van der Waals surface area contributed by atoms with Gasteiger partial charge in [-0.1, -0.05) is 11.2 Å². The van der Waals surface area contributed by atoms with Crippen molar-refractivity contribution in [1.82, 2.24) is 10.2 Å². The Bertz CT molecular complexity index is 653. The van der Waals surface area contributed by atoms with Crippen molar-refractivity contribution in [1.29, 1.82) is 0 Å². The van der Waals surface area contributed by atoms with Crippen LogP contribution in [0, 0.1) is 22.9 Å². The van der Waals surface area contributed by atoms with Crippen molar-refractivity contribution in [2.75, 3.05) is 5.32 Å². The van der Waals surface area contributed by atoms with E-state index in [2.05, 4.69) is 15.5 Å². The van der Waals surface area contributed by atoms with E-state index in [1.807, 2.05) is 0 Å². The highest BCUT2D eigenvalue weighted by molar-refractivity contribution is 6.03. The number of rotatable bonds is 3. The van der Waals surface area contributed by atoms with Crippen LogP contribution in [0.25, 0.3) is 0 Å². The second-order valence-corrected chi connectivity index (χ2v) is 3.83. The molecule has 0 aliphatic carbocycles. The lowest BCUT2D eigenvalue weighted by Gasteiger charge is -2.04. The van der Waals surface area contributed by atoms with Gasteiger partial charge < -0.3 is 15.4 Å². The van der Waals surface area contributed by atoms with Crippen LogP contribution in [0.5, 0.6) is 0 Å². The number of halogens is 1. The van der Waals surface area contributed by atoms with Gasteiger partial charge in [-0.05, 0) is 29.5 Å². The molecular weight excluding hydrogens is 255 g/mol. The van der Waals surface area contributed by atoms with Gasteiger partial charge in [0.1, 0.15) is 5.82 Å². The number of nitrogens with zero attached hydrogens (tertiary/aromatic N) is 2. The van der Waals surface area contributed by atoms with Gasteiger partial charge in [0, 0.05) is 0 Å². The molecule has 0 aliphatic rings. The van der Waals surface area contributed by atoms with Gasteiger partial charge in [0.15, 0.2) is 5.69 Å². The average Bonchev–Trinajstić information content (AvgIpc) is 2.83. The van der Waals surface area contributed by atoms with E-state index in [0.717, 1.165) is 11.6 Å². The van der Waals surface area contributed by atoms with Gasteiger partial charge in [-0.15, -0.1) is 5.10 Å². The second-order valence-electron chi connectivity index (χ2n) is 3.83. The molecule has 19 heavy (non-hydrogen) atoms. The Hall–Kier alpha value is -2.77. The predicted octanol–water partition coefficient (Wildman–Crippen LogP) is 2.02. The molecular formula is C11H9FN4O3. The molecule has 7 nitrogen and oxygen atoms in total. The molecule has 0 bridgehead atoms. The van der Waals surface area contributed by atoms with Crippen LogP contribution in [0.3, 0.4) is 0 Å². The molecule has 1 heterocycles. The van der Waals surface area contributed by atoms with E-state index in [1.54, 1.807) is 13.0 Å². The zero-order valence-electron chi connectivity index (χ0n) is 9.81. The average molecular weight is 264 g/mol. The first kappa shape index (κ1) is 12.7. The van der Waals surface area contributed by atoms with Gasteiger partial charge in [-0.25, -0.2) is 4.39 Å². The molecule has 0 unspecified atom stereocenters. The van der Waals surface area contributed by atoms with Crippen molar-refractivity contribution in [3.8, 4) is 0 Å². The first-order valence-electron chi connectivity index (χ1n) is 5.24. The van der Waals surface area contributed by atoms with Crippen LogP contribution in [-0.4, -0.2) is 21.0 Å². The lowest BCUT2D eigenvalue weighted by molar-refractivity contribution is -0.389. The summed E-state index contributed by atoms with van der Waals surface area (Å²) in [5.74, 6) is -1.73. The van der Waals surface area contributed by atoms with Crippen LogP contribution in [-0.2, 0) is 0 Å². The minimum Gasteiger partial charge on any atom is -0.358 e. The summed E-state index contributed by atoms with van der Waals surface area (Å²) in [6, 6.07) is 5.21. The summed E-state index contributed by atoms with van der Waals surface area (Å²) in [6.45, 7) is 1.74. The summed E-state index contributed by atoms with van der Waals surface area (Å²) < 4.78 is 13.4. The summed E-state index contributed by atoms with van der Waals surface area (Å²) in [5, 5.41) is 18.3. The fraction of sp³-hybridized carbons (Fsp3) is 0.0909. The Labute approximate surface area is 106 Å². The lowest BCUT2D eigenvalue weighted by Crippen LogP contribution is -2.13. The van der Waals surface area contributed by atoms with E-state index >= 15 is 0 Å². The maximum absolute atomic E-state index is 13.4. The first-order valence-corrected chi connectivity index (χ1v) is 5.24. The number of benzene rings is 1. The third-order valence-electron chi connectivity index (χ3n) is 2.36. The molecule has 1 aromatic carbocycles. The van der Waals surface area contributed by atoms with Crippen molar-refractivity contribution in [3.63, 3.8) is 0 Å². The van der Waals surface area contributed by atoms with Crippen LogP contribution < -0.4 is 5.32 Å². The topological polar surface area (TPSA) is 101 Å². The minimum absolute atomic E-state index is 0.00402. The molecule has 0 saturated heterocycles. The number of nitrogens with one attached hydrogen (secondary N) is 2. The molecule has 2 aromatic rings. The third-order valence-corrected chi connectivity index (χ3v) is 2.36. The zero-order chi connectivity index (χ0) is 14.0. The molecule has 8 heteroatoms. The molecule has 1 aromatic heterocycles. The van der Waals surface area contributed by atoms with Gasteiger partial charge in [0.25, 0.3) is 5.91 Å². The van der Waals surface area contributed by atoms with Crippen LogP contribution >= 0.6 is 0 Å². The summed E-state index contributed by atoms with van der Waals surface area (Å²) >= 11 is 0. The molecule has 98 valence electrons. The number of carbonyl (C=O) groups excluding carboxylic acids is 1. The molecule has 0 spiro atoms. The highest BCUT2D eigenvalue weighted by Gasteiger charge is 2.17. The van der Waals surface area contributed by atoms with E-state index in [1.165, 1.54) is 12.1 Å². The number of carbonyl (C=O) groups is 1. The fourth-order valence-corrected chi connectivity index (χ4v) is 1.44. The van der Waals surface area contributed by atoms with E-state index in [9.17, 15) is 19.3 Å². The molecule has 0 saturated carbocycles. The second kappa shape index (κ2) is 4.84. The predicted molar refractivity (Wildman–Crippen MR) is 64.3 cm³/mol. The SMILES string of the molecule is Cc1ccc(F)c(NC(=O)c2cc([N+](=O)[O-])[nH]n2)c1. The van der Waals surface area contributed by atoms with Gasteiger partial charge >= 0.3 is 5.82 Å². The van der Waals surface area contributed by atoms with Crippen LogP contribution in [0.4, 0.5) is 15.9 Å². The van der Waals surface area contributed by atoms with Crippen molar-refractivity contribution in [3.05, 3.63) is 51.5 Å². The van der Waals surface area contributed by atoms with E-state index < -0.39 is 22.5 Å². The number of nitro groups is 1. The maximum atomic E-state index is 13.4. The molecule has 0 aliphatic heterocycles. The highest BCUT2D eigenvalue weighted by Crippen LogP contribution is 2.17. The Kier molecular flexibility index (Phi) is 3.23. The van der Waals surface area contributed by atoms with E-state index in [4.69, 9.17) is 0 Å². The smallest absolute Gasteiger partial charge is 0.343 e. The largest absolute Gasteiger partial charge is 0.358 e. The number of aryl methyl sites for hydroxylation is 1. The Morgan fingerprint density at radius 2 is 2.21 bits per heavy atom. The standard InChI is InChI=1S/C11H9FN4O3/c1-6-2-3-7(12)8(4-6)13-11(17)9-5-10(15-14-9)16(18)19/h2-5H,1H3,(H,13,17)(H,14,15). The van der Waals surface area contributed by atoms with Crippen LogP contribution in [0.2, 0.25) is 0 Å². The first-order chi connectivity index (χ1) is 8.97. The highest BCUT2D eigenvalue weighted by atomic mass is 19.1. The number of aromatic amines is 1. The summed E-state index contributed by atoms with van der Waals surface area (Å²) in [5.41, 5.74) is 0.577. The van der Waals surface area contributed by atoms with Crippen molar-refractivity contribution in [2.45, 2.75) is 6.92 Å². The Morgan fingerprint density at radius 1 is 1.47 bits per heavy atom. The maximum Gasteiger partial charge on any atom is 0.343 e. The van der Waals surface area contributed by atoms with Crippen molar-refractivity contribution >= 4 is 17.4 Å². The molecule has 2 N–H and O–H groups in total. The van der Waals surface area contributed by atoms with Gasteiger partial charge in [0.2, 0.25) is 0 Å². The quantitative estimate of drug-likeness (QED) is 0.654. The number of H-pyrrole nitrogens is 1. The van der Waals surface area contributed by atoms with Gasteiger partial charge in [0.05, 0.1) is 11.8 Å². The fourth-order valence-electron chi connectivity index (χ4n) is 1.44. The molecule has 0 radical (unpaired) electrons. The number of hydrogen-bond donors (Lipinski definition) is 2. The summed E-state index contributed by atoms with van der Waals surface area (Å²) in [4.78, 5) is 21.5. The number of amides is 1. The number of hydrogen-bond acceptors (Lipinski definition) is 4. The van der Waals surface area contributed by atoms with Gasteiger partial charge in [-0.2, -0.15) is 0 Å².